The molecule has 0 aliphatic heterocycles. The quantitative estimate of drug-likeness (QED) is 0.868. The van der Waals surface area contributed by atoms with Gasteiger partial charge >= 0.3 is 0 Å². The number of rotatable bonds is 5. The van der Waals surface area contributed by atoms with Crippen molar-refractivity contribution < 1.29 is 9.53 Å². The van der Waals surface area contributed by atoms with Crippen molar-refractivity contribution in [3.05, 3.63) is 17.8 Å². The van der Waals surface area contributed by atoms with Gasteiger partial charge in [-0.15, -0.1) is 11.3 Å². The van der Waals surface area contributed by atoms with Crippen LogP contribution in [0.4, 0.5) is 0 Å². The van der Waals surface area contributed by atoms with Gasteiger partial charge in [0.2, 0.25) is 5.88 Å². The SMILES string of the molecule is C[C@H](NC(=O)COc1ncnc2sccc12)C12CC3CC(CC(C3)C1)C2. The van der Waals surface area contributed by atoms with Gasteiger partial charge in [0.1, 0.15) is 11.2 Å². The Morgan fingerprint density at radius 2 is 1.96 bits per heavy atom. The zero-order chi connectivity index (χ0) is 17.7. The Hall–Kier alpha value is -1.69. The lowest BCUT2D eigenvalue weighted by Gasteiger charge is -2.59. The first-order chi connectivity index (χ1) is 12.6. The number of carbonyl (C=O) groups is 1. The summed E-state index contributed by atoms with van der Waals surface area (Å²) in [5.41, 5.74) is 0.319. The fourth-order valence-electron chi connectivity index (χ4n) is 6.16. The van der Waals surface area contributed by atoms with Crippen LogP contribution >= 0.6 is 11.3 Å². The normalized spacial score (nSPS) is 33.3. The molecule has 4 aliphatic carbocycles. The van der Waals surface area contributed by atoms with E-state index < -0.39 is 0 Å². The van der Waals surface area contributed by atoms with E-state index >= 15 is 0 Å². The van der Waals surface area contributed by atoms with Crippen molar-refractivity contribution in [2.75, 3.05) is 6.61 Å². The van der Waals surface area contributed by atoms with Crippen LogP contribution in [-0.4, -0.2) is 28.5 Å². The number of aromatic nitrogens is 2. The smallest absolute Gasteiger partial charge is 0.258 e. The predicted octanol–water partition coefficient (Wildman–Crippen LogP) is 3.79. The van der Waals surface area contributed by atoms with Crippen molar-refractivity contribution in [2.45, 2.75) is 51.5 Å². The maximum Gasteiger partial charge on any atom is 0.258 e. The number of hydrogen-bond donors (Lipinski definition) is 1. The molecule has 1 atom stereocenters. The molecule has 138 valence electrons. The molecule has 4 bridgehead atoms. The lowest BCUT2D eigenvalue weighted by atomic mass is 9.48. The molecule has 26 heavy (non-hydrogen) atoms. The minimum Gasteiger partial charge on any atom is -0.467 e. The van der Waals surface area contributed by atoms with Gasteiger partial charge in [0.15, 0.2) is 6.61 Å². The maximum atomic E-state index is 12.5. The molecule has 4 fully saturated rings. The summed E-state index contributed by atoms with van der Waals surface area (Å²) in [5, 5.41) is 6.08. The highest BCUT2D eigenvalue weighted by atomic mass is 32.1. The van der Waals surface area contributed by atoms with Crippen molar-refractivity contribution >= 4 is 27.5 Å². The molecule has 6 rings (SSSR count). The van der Waals surface area contributed by atoms with E-state index in [1.807, 2.05) is 11.4 Å². The molecule has 0 aromatic carbocycles. The van der Waals surface area contributed by atoms with Gasteiger partial charge in [-0.25, -0.2) is 9.97 Å². The van der Waals surface area contributed by atoms with Gasteiger partial charge in [0.05, 0.1) is 5.39 Å². The summed E-state index contributed by atoms with van der Waals surface area (Å²) in [5.74, 6) is 3.13. The summed E-state index contributed by atoms with van der Waals surface area (Å²) in [6.07, 6.45) is 9.65. The molecule has 6 heteroatoms. The highest BCUT2D eigenvalue weighted by Gasteiger charge is 2.53. The lowest BCUT2D eigenvalue weighted by Crippen LogP contribution is -2.56. The van der Waals surface area contributed by atoms with Crippen molar-refractivity contribution in [1.29, 1.82) is 0 Å². The Labute approximate surface area is 157 Å². The number of hydrogen-bond acceptors (Lipinski definition) is 5. The molecule has 2 aromatic heterocycles. The molecule has 1 N–H and O–H groups in total. The predicted molar refractivity (Wildman–Crippen MR) is 101 cm³/mol. The van der Waals surface area contributed by atoms with E-state index in [0.717, 1.165) is 28.0 Å². The molecule has 2 aromatic rings. The van der Waals surface area contributed by atoms with E-state index in [-0.39, 0.29) is 18.6 Å². The molecule has 2 heterocycles. The summed E-state index contributed by atoms with van der Waals surface area (Å²) in [6.45, 7) is 2.21. The Bertz CT molecular complexity index is 798. The van der Waals surface area contributed by atoms with Crippen LogP contribution < -0.4 is 10.1 Å². The zero-order valence-corrected chi connectivity index (χ0v) is 15.9. The number of amides is 1. The van der Waals surface area contributed by atoms with Crippen molar-refractivity contribution in [2.24, 2.45) is 23.2 Å². The van der Waals surface area contributed by atoms with Crippen LogP contribution in [0.5, 0.6) is 5.88 Å². The number of thiophene rings is 1. The molecule has 1 amide bonds. The van der Waals surface area contributed by atoms with Gasteiger partial charge in [0.25, 0.3) is 5.91 Å². The average molecular weight is 372 g/mol. The lowest BCUT2D eigenvalue weighted by molar-refractivity contribution is -0.127. The molecular formula is C20H25N3O2S. The summed E-state index contributed by atoms with van der Waals surface area (Å²) in [4.78, 5) is 21.8. The van der Waals surface area contributed by atoms with Crippen LogP contribution in [0.1, 0.15) is 45.4 Å². The maximum absolute atomic E-state index is 12.5. The average Bonchev–Trinajstić information content (AvgIpc) is 3.08. The van der Waals surface area contributed by atoms with Crippen LogP contribution in [0.3, 0.4) is 0 Å². The van der Waals surface area contributed by atoms with Crippen molar-refractivity contribution in [1.82, 2.24) is 15.3 Å². The third kappa shape index (κ3) is 2.79. The highest BCUT2D eigenvalue weighted by molar-refractivity contribution is 7.16. The number of fused-ring (bicyclic) bond motifs is 1. The largest absolute Gasteiger partial charge is 0.467 e. The van der Waals surface area contributed by atoms with Gasteiger partial charge < -0.3 is 10.1 Å². The van der Waals surface area contributed by atoms with Gasteiger partial charge in [-0.3, -0.25) is 4.79 Å². The molecule has 5 nitrogen and oxygen atoms in total. The summed E-state index contributed by atoms with van der Waals surface area (Å²) in [7, 11) is 0. The minimum atomic E-state index is -0.0461. The fraction of sp³-hybridized carbons (Fsp3) is 0.650. The summed E-state index contributed by atoms with van der Waals surface area (Å²) < 4.78 is 5.70. The van der Waals surface area contributed by atoms with Crippen LogP contribution in [0.25, 0.3) is 10.2 Å². The van der Waals surface area contributed by atoms with Crippen LogP contribution in [0.15, 0.2) is 17.8 Å². The second-order valence-corrected chi connectivity index (χ2v) is 9.57. The van der Waals surface area contributed by atoms with E-state index in [4.69, 9.17) is 4.74 Å². The van der Waals surface area contributed by atoms with Crippen LogP contribution in [-0.2, 0) is 4.79 Å². The minimum absolute atomic E-state index is 0.0126. The molecule has 4 aliphatic rings. The second kappa shape index (κ2) is 6.19. The fourth-order valence-corrected chi connectivity index (χ4v) is 6.88. The second-order valence-electron chi connectivity index (χ2n) is 8.68. The number of carbonyl (C=O) groups excluding carboxylic acids is 1. The van der Waals surface area contributed by atoms with E-state index in [9.17, 15) is 4.79 Å². The van der Waals surface area contributed by atoms with E-state index in [2.05, 4.69) is 22.2 Å². The third-order valence-corrected chi connectivity index (χ3v) is 7.77. The van der Waals surface area contributed by atoms with Crippen molar-refractivity contribution in [3.63, 3.8) is 0 Å². The monoisotopic (exact) mass is 371 g/mol. The van der Waals surface area contributed by atoms with Gasteiger partial charge in [-0.05, 0) is 80.1 Å². The number of nitrogens with zero attached hydrogens (tertiary/aromatic N) is 2. The highest BCUT2D eigenvalue weighted by Crippen LogP contribution is 2.61. The molecule has 0 radical (unpaired) electrons. The Morgan fingerprint density at radius 1 is 1.27 bits per heavy atom. The van der Waals surface area contributed by atoms with Gasteiger partial charge in [-0.2, -0.15) is 0 Å². The van der Waals surface area contributed by atoms with E-state index in [1.165, 1.54) is 44.9 Å². The summed E-state index contributed by atoms with van der Waals surface area (Å²) in [6, 6.07) is 2.16. The molecule has 0 spiro atoms. The van der Waals surface area contributed by atoms with Gasteiger partial charge in [0, 0.05) is 6.04 Å². The van der Waals surface area contributed by atoms with E-state index in [0.29, 0.717) is 11.3 Å². The molecular weight excluding hydrogens is 346 g/mol. The zero-order valence-electron chi connectivity index (χ0n) is 15.1. The third-order valence-electron chi connectivity index (χ3n) is 6.95. The van der Waals surface area contributed by atoms with Gasteiger partial charge in [-0.1, -0.05) is 0 Å². The number of nitrogens with one attached hydrogen (secondary N) is 1. The van der Waals surface area contributed by atoms with Crippen LogP contribution in [0.2, 0.25) is 0 Å². The standard InChI is InChI=1S/C20H25N3O2S/c1-12(20-7-13-4-14(8-20)6-15(5-13)9-20)23-17(24)10-25-18-16-2-3-26-19(16)22-11-21-18/h2-3,11-15H,4-10H2,1H3,(H,23,24)/t12-,13?,14?,15?,20?/m0/s1. The van der Waals surface area contributed by atoms with E-state index in [1.54, 1.807) is 11.3 Å². The Kier molecular flexibility index (Phi) is 3.92. The molecule has 0 saturated heterocycles. The topological polar surface area (TPSA) is 64.1 Å². The van der Waals surface area contributed by atoms with Crippen LogP contribution in [0, 0.1) is 23.2 Å². The Morgan fingerprint density at radius 3 is 2.65 bits per heavy atom. The van der Waals surface area contributed by atoms with Crippen molar-refractivity contribution in [3.8, 4) is 5.88 Å². The molecule has 4 saturated carbocycles. The first-order valence-corrected chi connectivity index (χ1v) is 10.6. The molecule has 0 unspecified atom stereocenters. The number of ether oxygens (including phenoxy) is 1. The first-order valence-electron chi connectivity index (χ1n) is 9.72. The first kappa shape index (κ1) is 16.5. The summed E-state index contributed by atoms with van der Waals surface area (Å²) >= 11 is 1.55. The Balaban J connectivity index is 1.22.